The fraction of sp³-hybridized carbons (Fsp3) is 0.417. The number of rotatable bonds is 4. The highest BCUT2D eigenvalue weighted by molar-refractivity contribution is 7.13. The second kappa shape index (κ2) is 5.50. The molecule has 7 heteroatoms. The Morgan fingerprint density at radius 3 is 3.32 bits per heavy atom. The Morgan fingerprint density at radius 2 is 2.58 bits per heavy atom. The number of carbonyl (C=O) groups is 1. The maximum atomic E-state index is 12.2. The van der Waals surface area contributed by atoms with E-state index >= 15 is 0 Å². The number of nitrogens with one attached hydrogen (secondary N) is 1. The van der Waals surface area contributed by atoms with Crippen LogP contribution in [0.1, 0.15) is 18.5 Å². The molecule has 6 nitrogen and oxygen atoms in total. The van der Waals surface area contributed by atoms with Crippen molar-refractivity contribution in [2.45, 2.75) is 25.4 Å². The van der Waals surface area contributed by atoms with E-state index in [1.807, 2.05) is 11.4 Å². The third-order valence-electron chi connectivity index (χ3n) is 3.19. The summed E-state index contributed by atoms with van der Waals surface area (Å²) in [6.07, 6.45) is 5.13. The number of anilines is 1. The molecule has 0 bridgehead atoms. The highest BCUT2D eigenvalue weighted by atomic mass is 32.1. The van der Waals surface area contributed by atoms with Gasteiger partial charge in [0.1, 0.15) is 6.26 Å². The molecule has 1 amide bonds. The monoisotopic (exact) mass is 278 g/mol. The van der Waals surface area contributed by atoms with Crippen LogP contribution in [-0.4, -0.2) is 33.5 Å². The number of hydrogen-bond donors (Lipinski definition) is 1. The number of nitrogens with zero attached hydrogens (tertiary/aromatic N) is 3. The molecule has 0 radical (unpaired) electrons. The standard InChI is InChI=1S/C12H14N4O2S/c17-11(14-12-13-4-7-19-12)10-2-1-5-16(10)8-9-3-6-18-15-9/h3-4,6-7,10H,1-2,5,8H2,(H,13,14,17). The zero-order chi connectivity index (χ0) is 13.1. The Kier molecular flexibility index (Phi) is 3.56. The molecule has 1 N–H and O–H groups in total. The Labute approximate surface area is 114 Å². The van der Waals surface area contributed by atoms with Crippen LogP contribution in [0.25, 0.3) is 0 Å². The van der Waals surface area contributed by atoms with Crippen molar-refractivity contribution >= 4 is 22.4 Å². The minimum absolute atomic E-state index is 0.0101. The van der Waals surface area contributed by atoms with Crippen LogP contribution in [-0.2, 0) is 11.3 Å². The summed E-state index contributed by atoms with van der Waals surface area (Å²) in [5, 5.41) is 9.24. The Hall–Kier alpha value is -1.73. The van der Waals surface area contributed by atoms with Crippen LogP contribution >= 0.6 is 11.3 Å². The summed E-state index contributed by atoms with van der Waals surface area (Å²) in [4.78, 5) is 18.4. The topological polar surface area (TPSA) is 71.3 Å². The van der Waals surface area contributed by atoms with Gasteiger partial charge >= 0.3 is 0 Å². The number of amides is 1. The summed E-state index contributed by atoms with van der Waals surface area (Å²) >= 11 is 1.43. The lowest BCUT2D eigenvalue weighted by Crippen LogP contribution is -2.39. The molecule has 1 unspecified atom stereocenters. The lowest BCUT2D eigenvalue weighted by molar-refractivity contribution is -0.120. The van der Waals surface area contributed by atoms with E-state index in [1.165, 1.54) is 11.3 Å². The molecule has 0 aromatic carbocycles. The predicted molar refractivity (Wildman–Crippen MR) is 70.7 cm³/mol. The van der Waals surface area contributed by atoms with E-state index in [0.717, 1.165) is 25.1 Å². The van der Waals surface area contributed by atoms with Crippen molar-refractivity contribution < 1.29 is 9.32 Å². The molecule has 0 spiro atoms. The number of hydrogen-bond acceptors (Lipinski definition) is 6. The number of thiazole rings is 1. The molecule has 100 valence electrons. The van der Waals surface area contributed by atoms with Crippen LogP contribution in [0.5, 0.6) is 0 Å². The fourth-order valence-corrected chi connectivity index (χ4v) is 2.85. The first-order chi connectivity index (χ1) is 9.33. The van der Waals surface area contributed by atoms with E-state index in [4.69, 9.17) is 4.52 Å². The summed E-state index contributed by atoms with van der Waals surface area (Å²) in [6.45, 7) is 1.55. The summed E-state index contributed by atoms with van der Waals surface area (Å²) in [6, 6.07) is 1.72. The maximum absolute atomic E-state index is 12.2. The van der Waals surface area contributed by atoms with Gasteiger partial charge in [0.2, 0.25) is 5.91 Å². The van der Waals surface area contributed by atoms with Crippen LogP contribution in [0.15, 0.2) is 28.4 Å². The van der Waals surface area contributed by atoms with Crippen LogP contribution in [0.3, 0.4) is 0 Å². The van der Waals surface area contributed by atoms with Crippen molar-refractivity contribution in [1.29, 1.82) is 0 Å². The Balaban J connectivity index is 1.64. The first-order valence-corrected chi connectivity index (χ1v) is 7.04. The molecule has 3 heterocycles. The van der Waals surface area contributed by atoms with E-state index in [0.29, 0.717) is 11.7 Å². The van der Waals surface area contributed by atoms with E-state index in [2.05, 4.69) is 20.4 Å². The lowest BCUT2D eigenvalue weighted by atomic mass is 10.2. The molecule has 1 fully saturated rings. The van der Waals surface area contributed by atoms with Crippen molar-refractivity contribution in [3.8, 4) is 0 Å². The molecular formula is C12H14N4O2S. The third kappa shape index (κ3) is 2.82. The van der Waals surface area contributed by atoms with Gasteiger partial charge in [-0.1, -0.05) is 5.16 Å². The molecular weight excluding hydrogens is 264 g/mol. The number of likely N-dealkylation sites (tertiary alicyclic amines) is 1. The van der Waals surface area contributed by atoms with Gasteiger partial charge < -0.3 is 9.84 Å². The molecule has 2 aromatic heterocycles. The minimum Gasteiger partial charge on any atom is -0.364 e. The van der Waals surface area contributed by atoms with Crippen molar-refractivity contribution in [3.05, 3.63) is 29.6 Å². The quantitative estimate of drug-likeness (QED) is 0.922. The smallest absolute Gasteiger partial charge is 0.243 e. The largest absolute Gasteiger partial charge is 0.364 e. The van der Waals surface area contributed by atoms with E-state index in [9.17, 15) is 4.79 Å². The van der Waals surface area contributed by atoms with Gasteiger partial charge in [0.05, 0.1) is 11.7 Å². The van der Waals surface area contributed by atoms with Crippen molar-refractivity contribution in [2.75, 3.05) is 11.9 Å². The SMILES string of the molecule is O=C(Nc1nccs1)C1CCCN1Cc1ccon1. The van der Waals surface area contributed by atoms with Gasteiger partial charge in [0.15, 0.2) is 5.13 Å². The van der Waals surface area contributed by atoms with E-state index < -0.39 is 0 Å². The van der Waals surface area contributed by atoms with E-state index in [-0.39, 0.29) is 11.9 Å². The molecule has 0 aliphatic carbocycles. The van der Waals surface area contributed by atoms with Gasteiger partial charge in [0.25, 0.3) is 0 Å². The first-order valence-electron chi connectivity index (χ1n) is 6.16. The van der Waals surface area contributed by atoms with Crippen LogP contribution in [0.4, 0.5) is 5.13 Å². The fourth-order valence-electron chi connectivity index (χ4n) is 2.31. The van der Waals surface area contributed by atoms with Gasteiger partial charge in [-0.3, -0.25) is 9.69 Å². The predicted octanol–water partition coefficient (Wildman–Crippen LogP) is 1.73. The summed E-state index contributed by atoms with van der Waals surface area (Å²) < 4.78 is 4.82. The Morgan fingerprint density at radius 1 is 1.63 bits per heavy atom. The minimum atomic E-state index is -0.111. The summed E-state index contributed by atoms with van der Waals surface area (Å²) in [5.74, 6) is 0.0101. The molecule has 1 atom stereocenters. The van der Waals surface area contributed by atoms with Gasteiger partial charge in [-0.05, 0) is 19.4 Å². The van der Waals surface area contributed by atoms with Gasteiger partial charge in [0, 0.05) is 24.2 Å². The van der Waals surface area contributed by atoms with Gasteiger partial charge in [-0.15, -0.1) is 11.3 Å². The molecule has 19 heavy (non-hydrogen) atoms. The molecule has 2 aromatic rings. The lowest BCUT2D eigenvalue weighted by Gasteiger charge is -2.21. The average Bonchev–Trinajstić information content (AvgIpc) is 3.10. The number of carbonyl (C=O) groups excluding carboxylic acids is 1. The highest BCUT2D eigenvalue weighted by Crippen LogP contribution is 2.21. The first kappa shape index (κ1) is 12.3. The molecule has 1 saturated heterocycles. The molecule has 1 aliphatic heterocycles. The van der Waals surface area contributed by atoms with Crippen LogP contribution < -0.4 is 5.32 Å². The molecule has 0 saturated carbocycles. The van der Waals surface area contributed by atoms with Gasteiger partial charge in [-0.25, -0.2) is 4.98 Å². The zero-order valence-electron chi connectivity index (χ0n) is 10.3. The number of aromatic nitrogens is 2. The van der Waals surface area contributed by atoms with Crippen molar-refractivity contribution in [1.82, 2.24) is 15.0 Å². The van der Waals surface area contributed by atoms with Crippen LogP contribution in [0, 0.1) is 0 Å². The third-order valence-corrected chi connectivity index (χ3v) is 3.87. The van der Waals surface area contributed by atoms with Gasteiger partial charge in [-0.2, -0.15) is 0 Å². The van der Waals surface area contributed by atoms with Crippen LogP contribution in [0.2, 0.25) is 0 Å². The van der Waals surface area contributed by atoms with E-state index in [1.54, 1.807) is 12.5 Å². The molecule has 1 aliphatic rings. The maximum Gasteiger partial charge on any atom is 0.243 e. The van der Waals surface area contributed by atoms with Crippen molar-refractivity contribution in [3.63, 3.8) is 0 Å². The molecule has 3 rings (SSSR count). The highest BCUT2D eigenvalue weighted by Gasteiger charge is 2.31. The zero-order valence-corrected chi connectivity index (χ0v) is 11.1. The summed E-state index contributed by atoms with van der Waals surface area (Å²) in [5.41, 5.74) is 0.856. The summed E-state index contributed by atoms with van der Waals surface area (Å²) in [7, 11) is 0. The Bertz CT molecular complexity index is 526. The second-order valence-electron chi connectivity index (χ2n) is 4.45. The van der Waals surface area contributed by atoms with Crippen molar-refractivity contribution in [2.24, 2.45) is 0 Å². The normalized spacial score (nSPS) is 19.7. The average molecular weight is 278 g/mol. The second-order valence-corrected chi connectivity index (χ2v) is 5.34.